The van der Waals surface area contributed by atoms with Crippen LogP contribution in [0.3, 0.4) is 0 Å². The molecule has 1 aromatic heterocycles. The predicted molar refractivity (Wildman–Crippen MR) is 77.1 cm³/mol. The van der Waals surface area contributed by atoms with E-state index in [9.17, 15) is 0 Å². The first-order valence-corrected chi connectivity index (χ1v) is 6.96. The third kappa shape index (κ3) is 3.57. The zero-order valence-electron chi connectivity index (χ0n) is 10.4. The average Bonchev–Trinajstić information content (AvgIpc) is 2.41. The van der Waals surface area contributed by atoms with Gasteiger partial charge in [0.25, 0.3) is 0 Å². The van der Waals surface area contributed by atoms with E-state index in [1.54, 1.807) is 6.20 Å². The maximum atomic E-state index is 5.71. The zero-order valence-corrected chi connectivity index (χ0v) is 12.0. The van der Waals surface area contributed by atoms with Gasteiger partial charge in [-0.3, -0.25) is 0 Å². The van der Waals surface area contributed by atoms with E-state index in [4.69, 9.17) is 4.74 Å². The highest BCUT2D eigenvalue weighted by molar-refractivity contribution is 9.10. The second kappa shape index (κ2) is 6.55. The Bertz CT molecular complexity index is 496. The average molecular weight is 306 g/mol. The Balaban J connectivity index is 2.04. The molecule has 0 atom stereocenters. The largest absolute Gasteiger partial charge is 0.438 e. The Morgan fingerprint density at radius 1 is 1.17 bits per heavy atom. The van der Waals surface area contributed by atoms with Crippen LogP contribution in [0.25, 0.3) is 0 Å². The lowest BCUT2D eigenvalue weighted by molar-refractivity contribution is 0.459. The second-order valence-electron chi connectivity index (χ2n) is 4.14. The maximum absolute atomic E-state index is 5.71. The van der Waals surface area contributed by atoms with Crippen LogP contribution in [0.5, 0.6) is 11.6 Å². The van der Waals surface area contributed by atoms with Crippen LogP contribution in [0.1, 0.15) is 25.3 Å². The SMILES string of the molecule is CCCCc1ccc(Oc2ncccc2Br)cc1. The monoisotopic (exact) mass is 305 g/mol. The molecule has 0 aliphatic carbocycles. The van der Waals surface area contributed by atoms with Crippen LogP contribution in [-0.4, -0.2) is 4.98 Å². The minimum atomic E-state index is 0.596. The molecule has 2 nitrogen and oxygen atoms in total. The summed E-state index contributed by atoms with van der Waals surface area (Å²) >= 11 is 3.41. The third-order valence-corrected chi connectivity index (χ3v) is 3.29. The van der Waals surface area contributed by atoms with Crippen molar-refractivity contribution in [3.05, 3.63) is 52.6 Å². The highest BCUT2D eigenvalue weighted by atomic mass is 79.9. The Morgan fingerprint density at radius 2 is 1.94 bits per heavy atom. The van der Waals surface area contributed by atoms with Crippen LogP contribution in [-0.2, 0) is 6.42 Å². The number of pyridine rings is 1. The lowest BCUT2D eigenvalue weighted by Gasteiger charge is -2.07. The zero-order chi connectivity index (χ0) is 12.8. The van der Waals surface area contributed by atoms with Gasteiger partial charge in [0.2, 0.25) is 5.88 Å². The quantitative estimate of drug-likeness (QED) is 0.777. The van der Waals surface area contributed by atoms with Crippen LogP contribution in [0.4, 0.5) is 0 Å². The molecule has 0 aliphatic heterocycles. The number of hydrogen-bond donors (Lipinski definition) is 0. The highest BCUT2D eigenvalue weighted by Gasteiger charge is 2.03. The van der Waals surface area contributed by atoms with Crippen molar-refractivity contribution in [2.45, 2.75) is 26.2 Å². The number of benzene rings is 1. The van der Waals surface area contributed by atoms with Crippen LogP contribution >= 0.6 is 15.9 Å². The minimum absolute atomic E-state index is 0.596. The van der Waals surface area contributed by atoms with Gasteiger partial charge in [0, 0.05) is 6.20 Å². The summed E-state index contributed by atoms with van der Waals surface area (Å²) in [5.74, 6) is 1.41. The van der Waals surface area contributed by atoms with Gasteiger partial charge in [-0.25, -0.2) is 4.98 Å². The number of nitrogens with zero attached hydrogens (tertiary/aromatic N) is 1. The van der Waals surface area contributed by atoms with E-state index < -0.39 is 0 Å². The molecule has 1 aromatic carbocycles. The highest BCUT2D eigenvalue weighted by Crippen LogP contribution is 2.26. The van der Waals surface area contributed by atoms with Gasteiger partial charge in [-0.05, 0) is 58.6 Å². The van der Waals surface area contributed by atoms with Crippen LogP contribution in [0, 0.1) is 0 Å². The summed E-state index contributed by atoms with van der Waals surface area (Å²) < 4.78 is 6.57. The van der Waals surface area contributed by atoms with Crippen LogP contribution in [0.2, 0.25) is 0 Å². The number of hydrogen-bond acceptors (Lipinski definition) is 2. The van der Waals surface area contributed by atoms with E-state index in [1.165, 1.54) is 18.4 Å². The third-order valence-electron chi connectivity index (χ3n) is 2.68. The van der Waals surface area contributed by atoms with Crippen molar-refractivity contribution < 1.29 is 4.74 Å². The number of aryl methyl sites for hydroxylation is 1. The molecular formula is C15H16BrNO. The van der Waals surface area contributed by atoms with Gasteiger partial charge in [0.1, 0.15) is 5.75 Å². The molecule has 0 radical (unpaired) electrons. The molecule has 0 spiro atoms. The van der Waals surface area contributed by atoms with Gasteiger partial charge in [-0.2, -0.15) is 0 Å². The Labute approximate surface area is 116 Å². The van der Waals surface area contributed by atoms with Crippen molar-refractivity contribution >= 4 is 15.9 Å². The van der Waals surface area contributed by atoms with E-state index in [2.05, 4.69) is 40.0 Å². The van der Waals surface area contributed by atoms with Gasteiger partial charge < -0.3 is 4.74 Å². The van der Waals surface area contributed by atoms with Gasteiger partial charge in [0.05, 0.1) is 4.47 Å². The van der Waals surface area contributed by atoms with E-state index in [-0.39, 0.29) is 0 Å². The molecule has 3 heteroatoms. The first kappa shape index (κ1) is 13.1. The van der Waals surface area contributed by atoms with E-state index in [0.717, 1.165) is 16.6 Å². The Kier molecular flexibility index (Phi) is 4.76. The van der Waals surface area contributed by atoms with Crippen molar-refractivity contribution in [1.29, 1.82) is 0 Å². The molecule has 2 rings (SSSR count). The molecule has 18 heavy (non-hydrogen) atoms. The van der Waals surface area contributed by atoms with Gasteiger partial charge in [-0.15, -0.1) is 0 Å². The molecule has 94 valence electrons. The first-order valence-electron chi connectivity index (χ1n) is 6.17. The summed E-state index contributed by atoms with van der Waals surface area (Å²) in [6.07, 6.45) is 5.30. The second-order valence-corrected chi connectivity index (χ2v) is 4.99. The lowest BCUT2D eigenvalue weighted by Crippen LogP contribution is -1.89. The number of aromatic nitrogens is 1. The van der Waals surface area contributed by atoms with Crippen molar-refractivity contribution in [1.82, 2.24) is 4.98 Å². The van der Waals surface area contributed by atoms with Gasteiger partial charge in [-0.1, -0.05) is 25.5 Å². The molecule has 0 saturated carbocycles. The standard InChI is InChI=1S/C15H16BrNO/c1-2-3-5-12-7-9-13(10-8-12)18-15-14(16)6-4-11-17-15/h4,6-11H,2-3,5H2,1H3. The summed E-state index contributed by atoms with van der Waals surface area (Å²) in [6, 6.07) is 12.0. The number of rotatable bonds is 5. The first-order chi connectivity index (χ1) is 8.79. The number of unbranched alkanes of at least 4 members (excludes halogenated alkanes) is 1. The topological polar surface area (TPSA) is 22.1 Å². The van der Waals surface area contributed by atoms with Gasteiger partial charge in [0.15, 0.2) is 0 Å². The van der Waals surface area contributed by atoms with E-state index in [0.29, 0.717) is 5.88 Å². The van der Waals surface area contributed by atoms with E-state index >= 15 is 0 Å². The maximum Gasteiger partial charge on any atom is 0.233 e. The molecule has 1 heterocycles. The van der Waals surface area contributed by atoms with Crippen molar-refractivity contribution in [2.24, 2.45) is 0 Å². The smallest absolute Gasteiger partial charge is 0.233 e. The van der Waals surface area contributed by atoms with Crippen molar-refractivity contribution in [2.75, 3.05) is 0 Å². The fourth-order valence-corrected chi connectivity index (χ4v) is 2.00. The molecule has 0 bridgehead atoms. The predicted octanol–water partition coefficient (Wildman–Crippen LogP) is 4.98. The number of ether oxygens (including phenoxy) is 1. The molecule has 0 saturated heterocycles. The molecule has 0 amide bonds. The fraction of sp³-hybridized carbons (Fsp3) is 0.267. The van der Waals surface area contributed by atoms with Crippen LogP contribution < -0.4 is 4.74 Å². The summed E-state index contributed by atoms with van der Waals surface area (Å²) in [7, 11) is 0. The van der Waals surface area contributed by atoms with E-state index in [1.807, 2.05) is 24.3 Å². The molecule has 0 N–H and O–H groups in total. The molecule has 0 fully saturated rings. The minimum Gasteiger partial charge on any atom is -0.438 e. The normalized spacial score (nSPS) is 10.3. The van der Waals surface area contributed by atoms with Crippen molar-refractivity contribution in [3.63, 3.8) is 0 Å². The Hall–Kier alpha value is -1.35. The van der Waals surface area contributed by atoms with Crippen LogP contribution in [0.15, 0.2) is 47.1 Å². The Morgan fingerprint density at radius 3 is 2.61 bits per heavy atom. The number of halogens is 1. The summed E-state index contributed by atoms with van der Waals surface area (Å²) in [5.41, 5.74) is 1.35. The molecular weight excluding hydrogens is 290 g/mol. The fourth-order valence-electron chi connectivity index (χ4n) is 1.66. The molecule has 0 unspecified atom stereocenters. The summed E-state index contributed by atoms with van der Waals surface area (Å²) in [6.45, 7) is 2.20. The van der Waals surface area contributed by atoms with Crippen molar-refractivity contribution in [3.8, 4) is 11.6 Å². The van der Waals surface area contributed by atoms with Gasteiger partial charge >= 0.3 is 0 Å². The summed E-state index contributed by atoms with van der Waals surface area (Å²) in [5, 5.41) is 0. The lowest BCUT2D eigenvalue weighted by atomic mass is 10.1. The molecule has 2 aromatic rings. The summed E-state index contributed by atoms with van der Waals surface area (Å²) in [4.78, 5) is 4.18. The molecule has 0 aliphatic rings.